The zero-order valence-corrected chi connectivity index (χ0v) is 12.8. The second-order valence-electron chi connectivity index (χ2n) is 6.24. The van der Waals surface area contributed by atoms with Gasteiger partial charge >= 0.3 is 5.97 Å². The summed E-state index contributed by atoms with van der Waals surface area (Å²) in [5.41, 5.74) is -0.787. The number of methoxy groups -OCH3 is 1. The van der Waals surface area contributed by atoms with Crippen molar-refractivity contribution < 1.29 is 24.5 Å². The van der Waals surface area contributed by atoms with Crippen molar-refractivity contribution in [3.05, 3.63) is 0 Å². The van der Waals surface area contributed by atoms with Crippen molar-refractivity contribution in [1.82, 2.24) is 0 Å². The van der Waals surface area contributed by atoms with Crippen LogP contribution in [0.1, 0.15) is 46.0 Å². The van der Waals surface area contributed by atoms with Crippen LogP contribution in [0.4, 0.5) is 0 Å². The molecule has 5 nitrogen and oxygen atoms in total. The SMILES string of the molecule is COCC(C)OCC(O)CC1(C(=O)O)CCCC(C)C1. The number of aliphatic carboxylic acids is 1. The van der Waals surface area contributed by atoms with Crippen molar-refractivity contribution in [3.63, 3.8) is 0 Å². The van der Waals surface area contributed by atoms with Gasteiger partial charge in [-0.05, 0) is 32.1 Å². The van der Waals surface area contributed by atoms with E-state index in [-0.39, 0.29) is 19.1 Å². The van der Waals surface area contributed by atoms with E-state index in [2.05, 4.69) is 6.92 Å². The van der Waals surface area contributed by atoms with E-state index >= 15 is 0 Å². The van der Waals surface area contributed by atoms with Crippen molar-refractivity contribution in [2.45, 2.75) is 58.2 Å². The molecule has 0 saturated heterocycles. The molecule has 1 fully saturated rings. The Morgan fingerprint density at radius 2 is 2.15 bits per heavy atom. The standard InChI is InChI=1S/C15H28O5/c1-11-5-4-6-15(7-11,14(17)18)8-13(16)10-20-12(2)9-19-3/h11-13,16H,4-10H2,1-3H3,(H,17,18). The number of ether oxygens (including phenoxy) is 2. The Morgan fingerprint density at radius 1 is 1.45 bits per heavy atom. The average Bonchev–Trinajstić information content (AvgIpc) is 2.36. The van der Waals surface area contributed by atoms with Crippen molar-refractivity contribution in [3.8, 4) is 0 Å². The van der Waals surface area contributed by atoms with Crippen LogP contribution in [0.15, 0.2) is 0 Å². The lowest BCUT2D eigenvalue weighted by molar-refractivity contribution is -0.155. The van der Waals surface area contributed by atoms with Gasteiger partial charge in [-0.3, -0.25) is 4.79 Å². The number of carboxylic acids is 1. The van der Waals surface area contributed by atoms with Gasteiger partial charge in [0.05, 0.1) is 30.8 Å². The molecular formula is C15H28O5. The van der Waals surface area contributed by atoms with Crippen molar-refractivity contribution in [1.29, 1.82) is 0 Å². The van der Waals surface area contributed by atoms with Crippen LogP contribution in [0.2, 0.25) is 0 Å². The number of carbonyl (C=O) groups is 1. The quantitative estimate of drug-likeness (QED) is 0.715. The predicted molar refractivity (Wildman–Crippen MR) is 75.6 cm³/mol. The van der Waals surface area contributed by atoms with E-state index in [1.54, 1.807) is 7.11 Å². The third-order valence-electron chi connectivity index (χ3n) is 4.15. The van der Waals surface area contributed by atoms with E-state index < -0.39 is 17.5 Å². The third kappa shape index (κ3) is 5.04. The molecule has 0 amide bonds. The molecule has 1 saturated carbocycles. The maximum absolute atomic E-state index is 11.6. The summed E-state index contributed by atoms with van der Waals surface area (Å²) in [6, 6.07) is 0. The van der Waals surface area contributed by atoms with Crippen LogP contribution in [0.3, 0.4) is 0 Å². The van der Waals surface area contributed by atoms with Crippen LogP contribution in [-0.2, 0) is 14.3 Å². The van der Waals surface area contributed by atoms with Gasteiger partial charge in [-0.2, -0.15) is 0 Å². The van der Waals surface area contributed by atoms with Gasteiger partial charge in [-0.15, -0.1) is 0 Å². The van der Waals surface area contributed by atoms with Crippen LogP contribution in [0, 0.1) is 11.3 Å². The first kappa shape index (κ1) is 17.4. The minimum Gasteiger partial charge on any atom is -0.481 e. The number of aliphatic hydroxyl groups excluding tert-OH is 1. The molecule has 0 aliphatic heterocycles. The van der Waals surface area contributed by atoms with E-state index in [4.69, 9.17) is 9.47 Å². The summed E-state index contributed by atoms with van der Waals surface area (Å²) in [7, 11) is 1.60. The van der Waals surface area contributed by atoms with Crippen LogP contribution in [0.5, 0.6) is 0 Å². The Hall–Kier alpha value is -0.650. The summed E-state index contributed by atoms with van der Waals surface area (Å²) < 4.78 is 10.4. The number of hydrogen-bond acceptors (Lipinski definition) is 4. The third-order valence-corrected chi connectivity index (χ3v) is 4.15. The molecule has 4 atom stereocenters. The molecule has 20 heavy (non-hydrogen) atoms. The molecular weight excluding hydrogens is 260 g/mol. The predicted octanol–water partition coefficient (Wildman–Crippen LogP) is 2.07. The lowest BCUT2D eigenvalue weighted by Crippen LogP contribution is -2.40. The summed E-state index contributed by atoms with van der Waals surface area (Å²) in [6.45, 7) is 4.58. The maximum Gasteiger partial charge on any atom is 0.309 e. The van der Waals surface area contributed by atoms with Gasteiger partial charge in [0.15, 0.2) is 0 Å². The summed E-state index contributed by atoms with van der Waals surface area (Å²) in [6.07, 6.45) is 2.72. The molecule has 0 bridgehead atoms. The summed E-state index contributed by atoms with van der Waals surface area (Å²) in [5, 5.41) is 19.6. The minimum atomic E-state index is -0.787. The number of hydrogen-bond donors (Lipinski definition) is 2. The van der Waals surface area contributed by atoms with E-state index in [9.17, 15) is 15.0 Å². The van der Waals surface area contributed by atoms with Gasteiger partial charge in [0.1, 0.15) is 0 Å². The van der Waals surface area contributed by atoms with Crippen LogP contribution >= 0.6 is 0 Å². The van der Waals surface area contributed by atoms with Gasteiger partial charge in [0, 0.05) is 7.11 Å². The van der Waals surface area contributed by atoms with Crippen molar-refractivity contribution >= 4 is 5.97 Å². The molecule has 1 rings (SSSR count). The molecule has 0 aromatic rings. The Balaban J connectivity index is 2.51. The highest BCUT2D eigenvalue weighted by atomic mass is 16.5. The molecule has 0 aromatic carbocycles. The highest BCUT2D eigenvalue weighted by Crippen LogP contribution is 2.43. The van der Waals surface area contributed by atoms with Crippen LogP contribution in [0.25, 0.3) is 0 Å². The highest BCUT2D eigenvalue weighted by Gasteiger charge is 2.43. The molecule has 1 aliphatic carbocycles. The fraction of sp³-hybridized carbons (Fsp3) is 0.933. The molecule has 1 aliphatic rings. The van der Waals surface area contributed by atoms with E-state index in [0.29, 0.717) is 25.4 Å². The number of rotatable bonds is 8. The van der Waals surface area contributed by atoms with E-state index in [1.807, 2.05) is 6.92 Å². The lowest BCUT2D eigenvalue weighted by Gasteiger charge is -2.37. The zero-order valence-electron chi connectivity index (χ0n) is 12.8. The van der Waals surface area contributed by atoms with Gasteiger partial charge < -0.3 is 19.7 Å². The normalized spacial score (nSPS) is 29.9. The Morgan fingerprint density at radius 3 is 2.70 bits per heavy atom. The fourth-order valence-electron chi connectivity index (χ4n) is 3.20. The second-order valence-corrected chi connectivity index (χ2v) is 6.24. The number of carboxylic acid groups (broad SMARTS) is 1. The van der Waals surface area contributed by atoms with Crippen molar-refractivity contribution in [2.24, 2.45) is 11.3 Å². The Bertz CT molecular complexity index is 307. The lowest BCUT2D eigenvalue weighted by atomic mass is 9.67. The Kier molecular flexibility index (Phi) is 6.92. The first-order chi connectivity index (χ1) is 9.39. The number of aliphatic hydroxyl groups is 1. The van der Waals surface area contributed by atoms with E-state index in [1.165, 1.54) is 0 Å². The molecule has 5 heteroatoms. The summed E-state index contributed by atoms with van der Waals surface area (Å²) in [5.74, 6) is -0.381. The molecule has 0 aromatic heterocycles. The molecule has 0 radical (unpaired) electrons. The molecule has 4 unspecified atom stereocenters. The van der Waals surface area contributed by atoms with Gasteiger partial charge in [0.25, 0.3) is 0 Å². The molecule has 0 heterocycles. The largest absolute Gasteiger partial charge is 0.481 e. The highest BCUT2D eigenvalue weighted by molar-refractivity contribution is 5.74. The van der Waals surface area contributed by atoms with Crippen LogP contribution < -0.4 is 0 Å². The smallest absolute Gasteiger partial charge is 0.309 e. The van der Waals surface area contributed by atoms with Gasteiger partial charge in [-0.25, -0.2) is 0 Å². The monoisotopic (exact) mass is 288 g/mol. The summed E-state index contributed by atoms with van der Waals surface area (Å²) >= 11 is 0. The zero-order chi connectivity index (χ0) is 15.2. The minimum absolute atomic E-state index is 0.0966. The fourth-order valence-corrected chi connectivity index (χ4v) is 3.20. The molecule has 118 valence electrons. The van der Waals surface area contributed by atoms with Crippen LogP contribution in [-0.4, -0.2) is 48.7 Å². The first-order valence-corrected chi connectivity index (χ1v) is 7.41. The summed E-state index contributed by atoms with van der Waals surface area (Å²) in [4.78, 5) is 11.6. The topological polar surface area (TPSA) is 76.0 Å². The van der Waals surface area contributed by atoms with E-state index in [0.717, 1.165) is 12.8 Å². The maximum atomic E-state index is 11.6. The average molecular weight is 288 g/mol. The second kappa shape index (κ2) is 7.96. The van der Waals surface area contributed by atoms with Gasteiger partial charge in [0.2, 0.25) is 0 Å². The Labute approximate surface area is 121 Å². The van der Waals surface area contributed by atoms with Gasteiger partial charge in [-0.1, -0.05) is 19.8 Å². The first-order valence-electron chi connectivity index (χ1n) is 7.41. The molecule has 2 N–H and O–H groups in total. The molecule has 0 spiro atoms. The van der Waals surface area contributed by atoms with Crippen molar-refractivity contribution in [2.75, 3.05) is 20.3 Å².